The van der Waals surface area contributed by atoms with Gasteiger partial charge >= 0.3 is 0 Å². The highest BCUT2D eigenvalue weighted by Gasteiger charge is 2.34. The molecule has 0 bridgehead atoms. The molecule has 1 aliphatic heterocycles. The molecular weight excluding hydrogens is 348 g/mol. The van der Waals surface area contributed by atoms with E-state index in [0.29, 0.717) is 21.6 Å². The molecule has 0 atom stereocenters. The molecule has 0 unspecified atom stereocenters. The number of hydrogen-bond acceptors (Lipinski definition) is 5. The highest BCUT2D eigenvalue weighted by atomic mass is 32.1. The van der Waals surface area contributed by atoms with Crippen LogP contribution in [-0.2, 0) is 11.3 Å². The van der Waals surface area contributed by atoms with Crippen LogP contribution in [0.4, 0.5) is 5.69 Å². The van der Waals surface area contributed by atoms with Crippen molar-refractivity contribution in [2.45, 2.75) is 6.54 Å². The molecule has 7 heteroatoms. The van der Waals surface area contributed by atoms with Crippen LogP contribution in [0.25, 0.3) is 10.5 Å². The smallest absolute Gasteiger partial charge is 0.291 e. The van der Waals surface area contributed by atoms with Crippen LogP contribution in [-0.4, -0.2) is 20.5 Å². The van der Waals surface area contributed by atoms with Crippen molar-refractivity contribution >= 4 is 33.5 Å². The minimum atomic E-state index is -0.304. The Morgan fingerprint density at radius 2 is 1.73 bits per heavy atom. The lowest BCUT2D eigenvalue weighted by molar-refractivity contribution is -0.113. The molecule has 1 aliphatic rings. The molecule has 0 saturated heterocycles. The molecule has 0 N–H and O–H groups in total. The Hall–Kier alpha value is -3.32. The molecule has 126 valence electrons. The van der Waals surface area contributed by atoms with Gasteiger partial charge in [-0.2, -0.15) is 9.61 Å². The van der Waals surface area contributed by atoms with Gasteiger partial charge in [-0.3, -0.25) is 9.59 Å². The van der Waals surface area contributed by atoms with Crippen LogP contribution >= 0.6 is 11.3 Å². The molecule has 0 radical (unpaired) electrons. The number of anilines is 1. The first kappa shape index (κ1) is 15.0. The summed E-state index contributed by atoms with van der Waals surface area (Å²) in [6.07, 6.45) is 1.34. The van der Waals surface area contributed by atoms with Gasteiger partial charge in [0, 0.05) is 5.56 Å². The van der Waals surface area contributed by atoms with Crippen LogP contribution in [0.3, 0.4) is 0 Å². The van der Waals surface area contributed by atoms with E-state index >= 15 is 0 Å². The lowest BCUT2D eigenvalue weighted by atomic mass is 10.1. The molecule has 0 spiro atoms. The maximum atomic E-state index is 13.2. The number of thiazole rings is 1. The number of amides is 1. The third-order valence-electron chi connectivity index (χ3n) is 4.43. The van der Waals surface area contributed by atoms with E-state index in [1.807, 2.05) is 54.6 Å². The van der Waals surface area contributed by atoms with E-state index in [1.165, 1.54) is 22.2 Å². The summed E-state index contributed by atoms with van der Waals surface area (Å²) in [6.45, 7) is 0.454. The number of benzene rings is 2. The first-order valence-electron chi connectivity index (χ1n) is 8.06. The zero-order chi connectivity index (χ0) is 17.7. The van der Waals surface area contributed by atoms with E-state index < -0.39 is 0 Å². The van der Waals surface area contributed by atoms with Crippen LogP contribution in [0.15, 0.2) is 65.7 Å². The number of carbonyl (C=O) groups excluding carboxylic acids is 1. The van der Waals surface area contributed by atoms with Crippen molar-refractivity contribution in [3.8, 4) is 0 Å². The van der Waals surface area contributed by atoms with Gasteiger partial charge < -0.3 is 4.90 Å². The summed E-state index contributed by atoms with van der Waals surface area (Å²) in [4.78, 5) is 32.2. The molecular formula is C19H12N4O2S. The third-order valence-corrected chi connectivity index (χ3v) is 5.47. The second-order valence-electron chi connectivity index (χ2n) is 5.96. The lowest BCUT2D eigenvalue weighted by Gasteiger charge is -2.17. The summed E-state index contributed by atoms with van der Waals surface area (Å²) >= 11 is 1.20. The van der Waals surface area contributed by atoms with E-state index in [0.717, 1.165) is 16.8 Å². The number of fused-ring (bicyclic) bond motifs is 2. The molecule has 26 heavy (non-hydrogen) atoms. The number of nitrogens with zero attached hydrogens (tertiary/aromatic N) is 4. The number of para-hydroxylation sites is 1. The SMILES string of the molecule is O=C1/C(=c2\sc3ncnn3c2=O)c2ccccc2N1Cc1ccccc1. The monoisotopic (exact) mass is 360 g/mol. The van der Waals surface area contributed by atoms with Crippen molar-refractivity contribution in [3.05, 3.63) is 86.9 Å². The summed E-state index contributed by atoms with van der Waals surface area (Å²) in [6, 6.07) is 17.4. The lowest BCUT2D eigenvalue weighted by Crippen LogP contribution is -2.32. The zero-order valence-corrected chi connectivity index (χ0v) is 14.3. The van der Waals surface area contributed by atoms with Crippen molar-refractivity contribution in [2.24, 2.45) is 0 Å². The van der Waals surface area contributed by atoms with Crippen LogP contribution in [0.5, 0.6) is 0 Å². The Kier molecular flexibility index (Phi) is 3.23. The first-order valence-corrected chi connectivity index (χ1v) is 8.88. The summed E-state index contributed by atoms with van der Waals surface area (Å²) in [7, 11) is 0. The predicted molar refractivity (Wildman–Crippen MR) is 98.9 cm³/mol. The minimum absolute atomic E-state index is 0.170. The fourth-order valence-electron chi connectivity index (χ4n) is 3.25. The van der Waals surface area contributed by atoms with Gasteiger partial charge in [-0.05, 0) is 11.6 Å². The van der Waals surface area contributed by atoms with Gasteiger partial charge in [0.2, 0.25) is 4.96 Å². The average Bonchev–Trinajstić information content (AvgIpc) is 3.32. The second kappa shape index (κ2) is 5.60. The Morgan fingerprint density at radius 1 is 0.962 bits per heavy atom. The fourth-order valence-corrected chi connectivity index (χ4v) is 4.22. The maximum absolute atomic E-state index is 13.2. The van der Waals surface area contributed by atoms with Crippen LogP contribution in [0, 0.1) is 0 Å². The van der Waals surface area contributed by atoms with Crippen molar-refractivity contribution in [1.29, 1.82) is 0 Å². The van der Waals surface area contributed by atoms with E-state index in [4.69, 9.17) is 0 Å². The second-order valence-corrected chi connectivity index (χ2v) is 6.94. The molecule has 2 aromatic carbocycles. The summed E-state index contributed by atoms with van der Waals surface area (Å²) in [5.41, 5.74) is 2.74. The topological polar surface area (TPSA) is 67.6 Å². The molecule has 4 aromatic rings. The highest BCUT2D eigenvalue weighted by molar-refractivity contribution is 7.15. The standard InChI is InChI=1S/C19H12N4O2S/c24-17-15(16-18(25)23-19(26-16)20-11-21-23)13-8-4-5-9-14(13)22(17)10-12-6-2-1-3-7-12/h1-9,11H,10H2/b16-15-. The summed E-state index contributed by atoms with van der Waals surface area (Å²) in [5, 5.41) is 3.94. The van der Waals surface area contributed by atoms with Gasteiger partial charge in [0.05, 0.1) is 17.8 Å². The molecule has 0 fully saturated rings. The molecule has 0 saturated carbocycles. The Bertz CT molecular complexity index is 1260. The van der Waals surface area contributed by atoms with Crippen molar-refractivity contribution in [1.82, 2.24) is 14.6 Å². The third kappa shape index (κ3) is 2.11. The normalized spacial score (nSPS) is 15.7. The van der Waals surface area contributed by atoms with Crippen molar-refractivity contribution in [3.63, 3.8) is 0 Å². The maximum Gasteiger partial charge on any atom is 0.291 e. The average molecular weight is 360 g/mol. The fraction of sp³-hybridized carbons (Fsp3) is 0.0526. The van der Waals surface area contributed by atoms with E-state index in [2.05, 4.69) is 10.1 Å². The van der Waals surface area contributed by atoms with E-state index in [9.17, 15) is 9.59 Å². The number of aromatic nitrogens is 3. The van der Waals surface area contributed by atoms with Crippen molar-refractivity contribution < 1.29 is 4.79 Å². The molecule has 0 aliphatic carbocycles. The number of rotatable bonds is 2. The number of carbonyl (C=O) groups is 1. The molecule has 6 nitrogen and oxygen atoms in total. The molecule has 1 amide bonds. The number of hydrogen-bond donors (Lipinski definition) is 0. The van der Waals surface area contributed by atoms with E-state index in [1.54, 1.807) is 4.90 Å². The van der Waals surface area contributed by atoms with E-state index in [-0.39, 0.29) is 11.5 Å². The van der Waals surface area contributed by atoms with Crippen molar-refractivity contribution in [2.75, 3.05) is 4.90 Å². The predicted octanol–water partition coefficient (Wildman–Crippen LogP) is 1.62. The Balaban J connectivity index is 1.74. The van der Waals surface area contributed by atoms with Gasteiger partial charge in [0.1, 0.15) is 10.9 Å². The van der Waals surface area contributed by atoms with Crippen LogP contribution < -0.4 is 15.0 Å². The Labute approximate surface area is 151 Å². The van der Waals surface area contributed by atoms with Gasteiger partial charge in [-0.15, -0.1) is 0 Å². The largest absolute Gasteiger partial charge is 0.303 e. The zero-order valence-electron chi connectivity index (χ0n) is 13.5. The minimum Gasteiger partial charge on any atom is -0.303 e. The molecule has 3 heterocycles. The molecule has 2 aromatic heterocycles. The molecule has 5 rings (SSSR count). The van der Waals surface area contributed by atoms with Gasteiger partial charge in [-0.25, -0.2) is 4.98 Å². The van der Waals surface area contributed by atoms with Gasteiger partial charge in [0.15, 0.2) is 0 Å². The summed E-state index contributed by atoms with van der Waals surface area (Å²) < 4.78 is 1.62. The first-order chi connectivity index (χ1) is 12.7. The quantitative estimate of drug-likeness (QED) is 0.545. The van der Waals surface area contributed by atoms with Gasteiger partial charge in [-0.1, -0.05) is 59.9 Å². The Morgan fingerprint density at radius 3 is 2.54 bits per heavy atom. The highest BCUT2D eigenvalue weighted by Crippen LogP contribution is 2.36. The van der Waals surface area contributed by atoms with Crippen LogP contribution in [0.2, 0.25) is 0 Å². The summed E-state index contributed by atoms with van der Waals surface area (Å²) in [5.74, 6) is -0.170. The van der Waals surface area contributed by atoms with Gasteiger partial charge in [0.25, 0.3) is 11.5 Å². The van der Waals surface area contributed by atoms with Crippen LogP contribution in [0.1, 0.15) is 11.1 Å².